The zero-order chi connectivity index (χ0) is 12.1. The largest absolute Gasteiger partial charge is 0.342 e. The van der Waals surface area contributed by atoms with Crippen LogP contribution >= 0.6 is 24.8 Å². The van der Waals surface area contributed by atoms with E-state index >= 15 is 0 Å². The van der Waals surface area contributed by atoms with Crippen molar-refractivity contribution in [1.82, 2.24) is 9.80 Å². The predicted molar refractivity (Wildman–Crippen MR) is 80.6 cm³/mol. The second-order valence-electron chi connectivity index (χ2n) is 5.03. The van der Waals surface area contributed by atoms with Gasteiger partial charge in [0, 0.05) is 32.1 Å². The number of hydrogen-bond acceptors (Lipinski definition) is 3. The minimum Gasteiger partial charge on any atom is -0.342 e. The highest BCUT2D eigenvalue weighted by Gasteiger charge is 2.26. The lowest BCUT2D eigenvalue weighted by Crippen LogP contribution is -2.34. The molecule has 1 rings (SSSR count). The molecule has 0 aromatic rings. The summed E-state index contributed by atoms with van der Waals surface area (Å²) in [6.07, 6.45) is 1.62. The zero-order valence-electron chi connectivity index (χ0n) is 11.6. The van der Waals surface area contributed by atoms with E-state index in [1.807, 2.05) is 11.8 Å². The Balaban J connectivity index is 0. The van der Waals surface area contributed by atoms with Gasteiger partial charge in [0.2, 0.25) is 5.91 Å². The number of halogens is 2. The van der Waals surface area contributed by atoms with Crippen LogP contribution in [0.1, 0.15) is 26.7 Å². The van der Waals surface area contributed by atoms with Gasteiger partial charge in [0.15, 0.2) is 0 Å². The fraction of sp³-hybridized carbons (Fsp3) is 0.917. The number of amides is 1. The lowest BCUT2D eigenvalue weighted by Gasteiger charge is -2.20. The van der Waals surface area contributed by atoms with Crippen LogP contribution in [0.2, 0.25) is 0 Å². The maximum absolute atomic E-state index is 11.8. The van der Waals surface area contributed by atoms with E-state index in [0.29, 0.717) is 12.3 Å². The SMILES string of the molecule is CCN(C)CC1CCN(C(=O)CC(C)N)C1.Cl.Cl. The topological polar surface area (TPSA) is 49.6 Å². The lowest BCUT2D eigenvalue weighted by molar-refractivity contribution is -0.130. The Morgan fingerprint density at radius 3 is 2.61 bits per heavy atom. The van der Waals surface area contributed by atoms with Crippen molar-refractivity contribution in [3.63, 3.8) is 0 Å². The number of carbonyl (C=O) groups excluding carboxylic acids is 1. The normalized spacial score (nSPS) is 20.3. The molecule has 0 spiro atoms. The van der Waals surface area contributed by atoms with Crippen LogP contribution in [-0.2, 0) is 4.79 Å². The van der Waals surface area contributed by atoms with E-state index in [1.54, 1.807) is 0 Å². The van der Waals surface area contributed by atoms with Crippen LogP contribution in [-0.4, -0.2) is 55.0 Å². The van der Waals surface area contributed by atoms with Gasteiger partial charge in [-0.15, -0.1) is 24.8 Å². The first-order chi connectivity index (χ1) is 7.52. The molecule has 18 heavy (non-hydrogen) atoms. The van der Waals surface area contributed by atoms with E-state index in [4.69, 9.17) is 5.73 Å². The van der Waals surface area contributed by atoms with E-state index in [9.17, 15) is 4.79 Å². The Bertz CT molecular complexity index is 239. The first-order valence-corrected chi connectivity index (χ1v) is 6.24. The van der Waals surface area contributed by atoms with E-state index in [1.165, 1.54) is 0 Å². The van der Waals surface area contributed by atoms with Crippen LogP contribution < -0.4 is 5.73 Å². The molecule has 2 atom stereocenters. The molecule has 1 aliphatic heterocycles. The standard InChI is InChI=1S/C12H25N3O.2ClH/c1-4-14(3)8-11-5-6-15(9-11)12(16)7-10(2)13;;/h10-11H,4-9,13H2,1-3H3;2*1H. The Hall–Kier alpha value is -0.0300. The van der Waals surface area contributed by atoms with Crippen molar-refractivity contribution in [1.29, 1.82) is 0 Å². The summed E-state index contributed by atoms with van der Waals surface area (Å²) in [6.45, 7) is 8.04. The Labute approximate surface area is 123 Å². The molecule has 2 N–H and O–H groups in total. The van der Waals surface area contributed by atoms with Crippen LogP contribution in [0, 0.1) is 5.92 Å². The second kappa shape index (κ2) is 9.84. The highest BCUT2D eigenvalue weighted by molar-refractivity contribution is 5.85. The molecule has 1 aliphatic rings. The first kappa shape index (κ1) is 20.3. The van der Waals surface area contributed by atoms with Gasteiger partial charge in [-0.1, -0.05) is 6.92 Å². The summed E-state index contributed by atoms with van der Waals surface area (Å²) >= 11 is 0. The number of nitrogens with two attached hydrogens (primary N) is 1. The van der Waals surface area contributed by atoms with Gasteiger partial charge in [-0.25, -0.2) is 0 Å². The molecule has 1 heterocycles. The summed E-state index contributed by atoms with van der Waals surface area (Å²) < 4.78 is 0. The monoisotopic (exact) mass is 299 g/mol. The average Bonchev–Trinajstić information content (AvgIpc) is 2.65. The zero-order valence-corrected chi connectivity index (χ0v) is 13.2. The molecule has 1 fully saturated rings. The van der Waals surface area contributed by atoms with E-state index in [2.05, 4.69) is 18.9 Å². The predicted octanol–water partition coefficient (Wildman–Crippen LogP) is 1.37. The highest BCUT2D eigenvalue weighted by Crippen LogP contribution is 2.18. The number of carbonyl (C=O) groups is 1. The van der Waals surface area contributed by atoms with Gasteiger partial charge in [0.25, 0.3) is 0 Å². The van der Waals surface area contributed by atoms with Crippen molar-refractivity contribution in [2.75, 3.05) is 33.2 Å². The molecule has 110 valence electrons. The van der Waals surface area contributed by atoms with E-state index in [0.717, 1.165) is 32.6 Å². The molecule has 1 amide bonds. The number of hydrogen-bond donors (Lipinski definition) is 1. The molecule has 0 aromatic carbocycles. The molecule has 1 saturated heterocycles. The van der Waals surface area contributed by atoms with Crippen LogP contribution in [0.3, 0.4) is 0 Å². The number of nitrogens with zero attached hydrogens (tertiary/aromatic N) is 2. The molecule has 0 bridgehead atoms. The molecule has 0 radical (unpaired) electrons. The average molecular weight is 300 g/mol. The maximum Gasteiger partial charge on any atom is 0.224 e. The van der Waals surface area contributed by atoms with Crippen LogP contribution in [0.15, 0.2) is 0 Å². The van der Waals surface area contributed by atoms with Crippen LogP contribution in [0.4, 0.5) is 0 Å². The van der Waals surface area contributed by atoms with Crippen LogP contribution in [0.5, 0.6) is 0 Å². The van der Waals surface area contributed by atoms with E-state index < -0.39 is 0 Å². The van der Waals surface area contributed by atoms with Gasteiger partial charge in [0.1, 0.15) is 0 Å². The molecule has 2 unspecified atom stereocenters. The van der Waals surface area contributed by atoms with Crippen molar-refractivity contribution >= 4 is 30.7 Å². The molecule has 0 saturated carbocycles. The number of likely N-dealkylation sites (tertiary alicyclic amines) is 1. The molecule has 0 aromatic heterocycles. The third-order valence-electron chi connectivity index (χ3n) is 3.24. The summed E-state index contributed by atoms with van der Waals surface area (Å²) in [7, 11) is 2.13. The van der Waals surface area contributed by atoms with E-state index in [-0.39, 0.29) is 36.8 Å². The van der Waals surface area contributed by atoms with Gasteiger partial charge in [0.05, 0.1) is 0 Å². The molecular formula is C12H27Cl2N3O. The van der Waals surface area contributed by atoms with Gasteiger partial charge in [-0.3, -0.25) is 4.79 Å². The van der Waals surface area contributed by atoms with Crippen LogP contribution in [0.25, 0.3) is 0 Å². The summed E-state index contributed by atoms with van der Waals surface area (Å²) in [5.41, 5.74) is 5.64. The lowest BCUT2D eigenvalue weighted by atomic mass is 10.1. The Morgan fingerprint density at radius 1 is 1.50 bits per heavy atom. The van der Waals surface area contributed by atoms with Crippen molar-refractivity contribution in [3.05, 3.63) is 0 Å². The third kappa shape index (κ3) is 6.78. The van der Waals surface area contributed by atoms with Gasteiger partial charge in [-0.05, 0) is 32.9 Å². The van der Waals surface area contributed by atoms with Crippen molar-refractivity contribution in [2.24, 2.45) is 11.7 Å². The summed E-state index contributed by atoms with van der Waals surface area (Å²) in [4.78, 5) is 16.1. The minimum absolute atomic E-state index is 0. The summed E-state index contributed by atoms with van der Waals surface area (Å²) in [5, 5.41) is 0. The summed E-state index contributed by atoms with van der Waals surface area (Å²) in [6, 6.07) is -0.0233. The third-order valence-corrected chi connectivity index (χ3v) is 3.24. The Morgan fingerprint density at radius 2 is 2.11 bits per heavy atom. The summed E-state index contributed by atoms with van der Waals surface area (Å²) in [5.74, 6) is 0.860. The van der Waals surface area contributed by atoms with Gasteiger partial charge in [-0.2, -0.15) is 0 Å². The van der Waals surface area contributed by atoms with Gasteiger partial charge >= 0.3 is 0 Å². The molecular weight excluding hydrogens is 273 g/mol. The fourth-order valence-electron chi connectivity index (χ4n) is 2.18. The van der Waals surface area contributed by atoms with Crippen molar-refractivity contribution < 1.29 is 4.79 Å². The fourth-order valence-corrected chi connectivity index (χ4v) is 2.18. The second-order valence-corrected chi connectivity index (χ2v) is 5.03. The quantitative estimate of drug-likeness (QED) is 0.834. The Kier molecular flexibility index (Phi) is 11.1. The highest BCUT2D eigenvalue weighted by atomic mass is 35.5. The number of rotatable bonds is 5. The maximum atomic E-state index is 11.8. The van der Waals surface area contributed by atoms with Gasteiger partial charge < -0.3 is 15.5 Å². The smallest absolute Gasteiger partial charge is 0.224 e. The van der Waals surface area contributed by atoms with Crippen molar-refractivity contribution in [2.45, 2.75) is 32.7 Å². The van der Waals surface area contributed by atoms with Crippen molar-refractivity contribution in [3.8, 4) is 0 Å². The minimum atomic E-state index is -0.0233. The molecule has 6 heteroatoms. The molecule has 0 aliphatic carbocycles. The molecule has 4 nitrogen and oxygen atoms in total. The first-order valence-electron chi connectivity index (χ1n) is 6.24.